The van der Waals surface area contributed by atoms with Crippen molar-refractivity contribution in [3.63, 3.8) is 0 Å². The molecule has 2 heterocycles. The molecule has 1 saturated carbocycles. The molecule has 0 radical (unpaired) electrons. The van der Waals surface area contributed by atoms with E-state index in [9.17, 15) is 14.1 Å². The van der Waals surface area contributed by atoms with Gasteiger partial charge in [-0.3, -0.25) is 0 Å². The number of hydrogen-bond donors (Lipinski definition) is 2. The molecule has 41 heavy (non-hydrogen) atoms. The van der Waals surface area contributed by atoms with Crippen molar-refractivity contribution in [3.8, 4) is 27.5 Å². The molecule has 1 aliphatic carbocycles. The van der Waals surface area contributed by atoms with E-state index in [1.807, 2.05) is 25.1 Å². The van der Waals surface area contributed by atoms with Gasteiger partial charge in [-0.25, -0.2) is 18.9 Å². The molecule has 0 aliphatic heterocycles. The van der Waals surface area contributed by atoms with Crippen molar-refractivity contribution >= 4 is 28.3 Å². The zero-order valence-electron chi connectivity index (χ0n) is 22.0. The topological polar surface area (TPSA) is 141 Å². The van der Waals surface area contributed by atoms with Gasteiger partial charge < -0.3 is 10.6 Å². The Morgan fingerprint density at radius 2 is 1.83 bits per heavy atom. The van der Waals surface area contributed by atoms with Crippen LogP contribution in [0.1, 0.15) is 51.6 Å². The zero-order valence-corrected chi connectivity index (χ0v) is 23.7. The van der Waals surface area contributed by atoms with E-state index in [4.69, 9.17) is 10.2 Å². The van der Waals surface area contributed by atoms with Crippen LogP contribution in [0, 0.1) is 12.7 Å². The Labute approximate surface area is 242 Å². The van der Waals surface area contributed by atoms with Crippen molar-refractivity contribution in [2.75, 3.05) is 0 Å². The molecular weight excluding hydrogens is 563 g/mol. The molecule has 1 aliphatic rings. The maximum atomic E-state index is 15.2. The fourth-order valence-corrected chi connectivity index (χ4v) is 6.04. The predicted molar refractivity (Wildman–Crippen MR) is 157 cm³/mol. The van der Waals surface area contributed by atoms with E-state index in [-0.39, 0.29) is 28.4 Å². The highest BCUT2D eigenvalue weighted by molar-refractivity contribution is 7.82. The van der Waals surface area contributed by atoms with Crippen LogP contribution < -0.4 is 5.14 Å². The van der Waals surface area contributed by atoms with Crippen LogP contribution in [0.4, 0.5) is 4.39 Å². The van der Waals surface area contributed by atoms with Gasteiger partial charge >= 0.3 is 5.97 Å². The number of aromatic carboxylic acids is 1. The van der Waals surface area contributed by atoms with Crippen molar-refractivity contribution in [1.82, 2.24) is 14.8 Å². The van der Waals surface area contributed by atoms with Crippen LogP contribution in [0.2, 0.25) is 0 Å². The lowest BCUT2D eigenvalue weighted by molar-refractivity contribution is 0.0691. The number of thiol groups is 1. The van der Waals surface area contributed by atoms with Gasteiger partial charge in [0.25, 0.3) is 0 Å². The summed E-state index contributed by atoms with van der Waals surface area (Å²) in [5.41, 5.74) is 6.94. The summed E-state index contributed by atoms with van der Waals surface area (Å²) >= 11 is 1.20. The first-order valence-electron chi connectivity index (χ1n) is 12.8. The molecule has 3 aromatic carbocycles. The second kappa shape index (κ2) is 11.5. The molecule has 1 atom stereocenters. The maximum absolute atomic E-state index is 15.2. The minimum Gasteiger partial charge on any atom is -0.870 e. The third-order valence-corrected chi connectivity index (χ3v) is 8.65. The lowest BCUT2D eigenvalue weighted by Gasteiger charge is -2.12. The van der Waals surface area contributed by atoms with Gasteiger partial charge in [0.05, 0.1) is 11.4 Å². The standard InChI is InChI=1S/C30H25FN4O3S2.H2O/c1-17-5-7-18(8-6-17)20-3-2-4-22(13-20)28-24(14-21-11-12-23(40(32)38)15-25(21)31)27(19-9-10-19)34-35(28)30-33-26(16-39-30)29(36)37;/h2-8,11-13,15-16,19H,9-10,14H2,1H3,(H2,32,38)(H,36,37);1H2. The molecular formula is C30H27FN4O4S2. The van der Waals surface area contributed by atoms with Crippen molar-refractivity contribution in [1.29, 1.82) is 0 Å². The summed E-state index contributed by atoms with van der Waals surface area (Å²) in [5.74, 6) is -1.36. The number of carboxylic acids is 1. The Morgan fingerprint density at radius 1 is 1.10 bits per heavy atom. The Balaban J connectivity index is 0.00000337. The second-order valence-corrected chi connectivity index (χ2v) is 11.9. The van der Waals surface area contributed by atoms with Gasteiger partial charge in [-0.2, -0.15) is 5.10 Å². The smallest absolute Gasteiger partial charge is 0.355 e. The quantitative estimate of drug-likeness (QED) is 0.167. The van der Waals surface area contributed by atoms with E-state index < -0.39 is 22.8 Å². The lowest BCUT2D eigenvalue weighted by atomic mass is 9.95. The molecule has 5 aromatic rings. The Bertz CT molecular complexity index is 1780. The van der Waals surface area contributed by atoms with Gasteiger partial charge in [0, 0.05) is 34.9 Å². The largest absolute Gasteiger partial charge is 0.870 e. The molecule has 1 fully saturated rings. The minimum absolute atomic E-state index is 0. The van der Waals surface area contributed by atoms with E-state index in [2.05, 4.69) is 35.3 Å². The number of carbonyl (C=O) groups is 1. The van der Waals surface area contributed by atoms with Crippen LogP contribution in [0.3, 0.4) is 0 Å². The molecule has 0 bridgehead atoms. The van der Waals surface area contributed by atoms with E-state index in [1.54, 1.807) is 16.8 Å². The Hall–Kier alpha value is -4.03. The van der Waals surface area contributed by atoms with Crippen LogP contribution >= 0.6 is 11.3 Å². The van der Waals surface area contributed by atoms with Crippen LogP contribution in [-0.2, 0) is 21.6 Å². The van der Waals surface area contributed by atoms with E-state index in [0.717, 1.165) is 46.5 Å². The summed E-state index contributed by atoms with van der Waals surface area (Å²) in [6.45, 7) is 2.04. The molecule has 0 saturated heterocycles. The number of benzene rings is 3. The van der Waals surface area contributed by atoms with Gasteiger partial charge in [0.1, 0.15) is 5.82 Å². The molecule has 1 unspecified atom stereocenters. The number of hydrogen-bond acceptors (Lipinski definition) is 6. The molecule has 0 amide bonds. The van der Waals surface area contributed by atoms with Crippen molar-refractivity contribution in [2.45, 2.75) is 37.0 Å². The molecule has 6 rings (SSSR count). The summed E-state index contributed by atoms with van der Waals surface area (Å²) in [4.78, 5) is 16.2. The normalized spacial score (nSPS) is 13.5. The predicted octanol–water partition coefficient (Wildman–Crippen LogP) is 6.03. The monoisotopic (exact) mass is 590 g/mol. The fourth-order valence-electron chi connectivity index (χ4n) is 4.82. The number of nitrogens with two attached hydrogens (primary N) is 1. The number of rotatable bonds is 8. The first-order chi connectivity index (χ1) is 19.3. The summed E-state index contributed by atoms with van der Waals surface area (Å²) in [5, 5.41) is 21.9. The second-order valence-electron chi connectivity index (χ2n) is 9.94. The third kappa shape index (κ3) is 5.75. The Kier molecular flexibility index (Phi) is 7.96. The fraction of sp³-hybridized carbons (Fsp3) is 0.167. The van der Waals surface area contributed by atoms with Crippen LogP contribution in [0.5, 0.6) is 0 Å². The highest BCUT2D eigenvalue weighted by Gasteiger charge is 2.33. The number of thiazole rings is 1. The maximum Gasteiger partial charge on any atom is 0.355 e. The molecule has 2 aromatic heterocycles. The zero-order chi connectivity index (χ0) is 28.0. The van der Waals surface area contributed by atoms with Gasteiger partial charge in [0.15, 0.2) is 21.6 Å². The van der Waals surface area contributed by atoms with E-state index in [1.165, 1.54) is 28.3 Å². The average molecular weight is 591 g/mol. The lowest BCUT2D eigenvalue weighted by Crippen LogP contribution is -2.04. The molecule has 4 N–H and O–H groups in total. The number of aryl methyl sites for hydroxylation is 1. The van der Waals surface area contributed by atoms with Crippen molar-refractivity contribution in [3.05, 3.63) is 106 Å². The van der Waals surface area contributed by atoms with Crippen LogP contribution in [-0.4, -0.2) is 31.3 Å². The number of nitrogens with zero attached hydrogens (tertiary/aromatic N) is 3. The molecule has 210 valence electrons. The highest BCUT2D eigenvalue weighted by atomic mass is 32.2. The van der Waals surface area contributed by atoms with E-state index in [0.29, 0.717) is 10.7 Å². The summed E-state index contributed by atoms with van der Waals surface area (Å²) < 4.78 is 28.7. The number of halogens is 1. The third-order valence-electron chi connectivity index (χ3n) is 7.05. The van der Waals surface area contributed by atoms with Crippen molar-refractivity contribution in [2.24, 2.45) is 5.14 Å². The molecule has 11 heteroatoms. The number of aromatic nitrogens is 3. The average Bonchev–Trinajstić information content (AvgIpc) is 3.53. The molecule has 0 spiro atoms. The van der Waals surface area contributed by atoms with Crippen LogP contribution in [0.15, 0.2) is 77.0 Å². The summed E-state index contributed by atoms with van der Waals surface area (Å²) in [6.07, 6.45) is 2.20. The van der Waals surface area contributed by atoms with E-state index >= 15 is 4.39 Å². The van der Waals surface area contributed by atoms with Crippen LogP contribution in [0.25, 0.3) is 27.5 Å². The first kappa shape index (κ1) is 28.5. The Morgan fingerprint density at radius 3 is 2.46 bits per heavy atom. The van der Waals surface area contributed by atoms with Gasteiger partial charge in [-0.15, -0.1) is 16.5 Å². The van der Waals surface area contributed by atoms with Gasteiger partial charge in [-0.05, 0) is 48.6 Å². The minimum atomic E-state index is -2.15. The van der Waals surface area contributed by atoms with Gasteiger partial charge in [0.2, 0.25) is 5.13 Å². The molecule has 8 nitrogen and oxygen atoms in total. The van der Waals surface area contributed by atoms with Crippen molar-refractivity contribution < 1.29 is 24.0 Å². The summed E-state index contributed by atoms with van der Waals surface area (Å²) in [6, 6.07) is 20.8. The highest BCUT2D eigenvalue weighted by Crippen LogP contribution is 2.45. The SMILES string of the molecule is Cc1ccc(-c2cccc(-c3c(Cc4ccc([SH+](N)=O)cc4F)c(C4CC4)nn3-c3nc(C(=O)O)cs3)c2)cc1.[OH-]. The first-order valence-corrected chi connectivity index (χ1v) is 15.0. The number of carboxylic acid groups (broad SMARTS) is 1. The van der Waals surface area contributed by atoms with Gasteiger partial charge in [-0.1, -0.05) is 58.3 Å². The summed E-state index contributed by atoms with van der Waals surface area (Å²) in [7, 11) is -2.15.